The highest BCUT2D eigenvalue weighted by molar-refractivity contribution is 5.86. The zero-order valence-electron chi connectivity index (χ0n) is 19.7. The summed E-state index contributed by atoms with van der Waals surface area (Å²) >= 11 is 0. The Hall–Kier alpha value is -2.74. The van der Waals surface area contributed by atoms with Crippen LogP contribution in [0.25, 0.3) is 0 Å². The minimum Gasteiger partial charge on any atom is -0.464 e. The van der Waals surface area contributed by atoms with Gasteiger partial charge in [-0.15, -0.1) is 0 Å². The van der Waals surface area contributed by atoms with Crippen molar-refractivity contribution in [3.63, 3.8) is 0 Å². The minimum atomic E-state index is -0.680. The molecule has 0 bridgehead atoms. The second-order valence-corrected chi connectivity index (χ2v) is 8.66. The van der Waals surface area contributed by atoms with Crippen LogP contribution in [0.5, 0.6) is 0 Å². The van der Waals surface area contributed by atoms with Crippen molar-refractivity contribution in [1.82, 2.24) is 20.8 Å². The normalized spacial score (nSPS) is 19.1. The number of carbonyl (C=O) groups excluding carboxylic acids is 2. The molecular formula is C25H36N4O4. The Bertz CT molecular complexity index is 862. The zero-order chi connectivity index (χ0) is 23.5. The molecule has 1 atom stereocenters. The summed E-state index contributed by atoms with van der Waals surface area (Å²) in [4.78, 5) is 30.0. The Kier molecular flexibility index (Phi) is 9.87. The molecule has 180 valence electrons. The average Bonchev–Trinajstić information content (AvgIpc) is 3.31. The lowest BCUT2D eigenvalue weighted by molar-refractivity contribution is -0.148. The van der Waals surface area contributed by atoms with Crippen LogP contribution < -0.4 is 10.6 Å². The van der Waals surface area contributed by atoms with Gasteiger partial charge in [-0.1, -0.05) is 35.5 Å². The average molecular weight is 457 g/mol. The van der Waals surface area contributed by atoms with Crippen molar-refractivity contribution in [2.45, 2.75) is 70.3 Å². The number of rotatable bonds is 12. The number of nitrogens with zero attached hydrogens (tertiary/aromatic N) is 2. The summed E-state index contributed by atoms with van der Waals surface area (Å²) in [6, 6.07) is 8.99. The number of ether oxygens (including phenoxy) is 1. The van der Waals surface area contributed by atoms with Crippen molar-refractivity contribution < 1.29 is 18.8 Å². The summed E-state index contributed by atoms with van der Waals surface area (Å²) in [5, 5.41) is 10.3. The molecule has 0 spiro atoms. The van der Waals surface area contributed by atoms with E-state index in [1.165, 1.54) is 0 Å². The Balaban J connectivity index is 1.50. The van der Waals surface area contributed by atoms with E-state index in [1.54, 1.807) is 6.92 Å². The first-order valence-corrected chi connectivity index (χ1v) is 12.1. The van der Waals surface area contributed by atoms with Crippen LogP contribution in [0.3, 0.4) is 0 Å². The van der Waals surface area contributed by atoms with Crippen LogP contribution >= 0.6 is 0 Å². The zero-order valence-corrected chi connectivity index (χ0v) is 19.7. The third kappa shape index (κ3) is 7.67. The first-order valence-electron chi connectivity index (χ1n) is 12.1. The van der Waals surface area contributed by atoms with Gasteiger partial charge in [0, 0.05) is 24.7 Å². The maximum Gasteiger partial charge on any atom is 0.328 e. The fourth-order valence-corrected chi connectivity index (χ4v) is 4.30. The van der Waals surface area contributed by atoms with Crippen molar-refractivity contribution >= 4 is 11.9 Å². The SMILES string of the molecule is CCOC(=O)[C@H](Cc1ccccc1)NC(=O)C1CCC(c2noc(CCCCNC)n2)CC1. The smallest absolute Gasteiger partial charge is 0.328 e. The summed E-state index contributed by atoms with van der Waals surface area (Å²) in [5.41, 5.74) is 0.985. The van der Waals surface area contributed by atoms with Crippen LogP contribution in [0.2, 0.25) is 0 Å². The Labute approximate surface area is 195 Å². The number of aryl methyl sites for hydroxylation is 1. The summed E-state index contributed by atoms with van der Waals surface area (Å²) in [6.07, 6.45) is 6.45. The topological polar surface area (TPSA) is 106 Å². The molecule has 0 saturated heterocycles. The van der Waals surface area contributed by atoms with Crippen LogP contribution in [0, 0.1) is 5.92 Å². The van der Waals surface area contributed by atoms with Crippen LogP contribution in [0.1, 0.15) is 68.6 Å². The molecule has 3 rings (SSSR count). The molecule has 1 saturated carbocycles. The van der Waals surface area contributed by atoms with Crippen LogP contribution in [-0.2, 0) is 27.2 Å². The molecule has 1 aliphatic rings. The third-order valence-corrected chi connectivity index (χ3v) is 6.18. The number of nitrogens with one attached hydrogen (secondary N) is 2. The number of amides is 1. The van der Waals surface area contributed by atoms with Gasteiger partial charge in [-0.05, 0) is 64.6 Å². The lowest BCUT2D eigenvalue weighted by atomic mass is 9.81. The highest BCUT2D eigenvalue weighted by Gasteiger charge is 2.32. The Morgan fingerprint density at radius 2 is 1.91 bits per heavy atom. The Morgan fingerprint density at radius 1 is 1.15 bits per heavy atom. The molecule has 2 aromatic rings. The molecule has 0 aliphatic heterocycles. The van der Waals surface area contributed by atoms with E-state index in [2.05, 4.69) is 20.8 Å². The fourth-order valence-electron chi connectivity index (χ4n) is 4.30. The second-order valence-electron chi connectivity index (χ2n) is 8.66. The third-order valence-electron chi connectivity index (χ3n) is 6.18. The van der Waals surface area contributed by atoms with Crippen molar-refractivity contribution in [3.8, 4) is 0 Å². The van der Waals surface area contributed by atoms with E-state index in [0.29, 0.717) is 12.3 Å². The molecule has 1 aromatic heterocycles. The molecule has 1 fully saturated rings. The van der Waals surface area contributed by atoms with E-state index in [0.717, 1.165) is 62.9 Å². The second kappa shape index (κ2) is 13.1. The van der Waals surface area contributed by atoms with Gasteiger partial charge in [0.15, 0.2) is 5.82 Å². The van der Waals surface area contributed by atoms with Gasteiger partial charge in [0.2, 0.25) is 11.8 Å². The maximum atomic E-state index is 13.0. The van der Waals surface area contributed by atoms with Crippen molar-refractivity contribution in [2.75, 3.05) is 20.2 Å². The van der Waals surface area contributed by atoms with Gasteiger partial charge in [0.1, 0.15) is 6.04 Å². The van der Waals surface area contributed by atoms with E-state index >= 15 is 0 Å². The van der Waals surface area contributed by atoms with Gasteiger partial charge in [-0.2, -0.15) is 4.98 Å². The Morgan fingerprint density at radius 3 is 2.61 bits per heavy atom. The number of carbonyl (C=O) groups is 2. The number of esters is 1. The van der Waals surface area contributed by atoms with Crippen LogP contribution in [0.4, 0.5) is 0 Å². The van der Waals surface area contributed by atoms with Crippen molar-refractivity contribution in [3.05, 3.63) is 47.6 Å². The quantitative estimate of drug-likeness (QED) is 0.373. The molecular weight excluding hydrogens is 420 g/mol. The standard InChI is InChI=1S/C25H36N4O4/c1-3-32-25(31)21(17-18-9-5-4-6-10-18)27-24(30)20-14-12-19(13-15-20)23-28-22(33-29-23)11-7-8-16-26-2/h4-6,9-10,19-21,26H,3,7-8,11-17H2,1-2H3,(H,27,30)/t19?,20?,21-/m0/s1. The first-order chi connectivity index (χ1) is 16.1. The summed E-state index contributed by atoms with van der Waals surface area (Å²) < 4.78 is 10.6. The molecule has 8 heteroatoms. The highest BCUT2D eigenvalue weighted by Crippen LogP contribution is 2.34. The first kappa shape index (κ1) is 24.9. The van der Waals surface area contributed by atoms with Gasteiger partial charge >= 0.3 is 5.97 Å². The van der Waals surface area contributed by atoms with Gasteiger partial charge in [0.25, 0.3) is 0 Å². The van der Waals surface area contributed by atoms with Crippen molar-refractivity contribution in [1.29, 1.82) is 0 Å². The lowest BCUT2D eigenvalue weighted by Crippen LogP contribution is -2.46. The predicted molar refractivity (Wildman–Crippen MR) is 125 cm³/mol. The molecule has 0 radical (unpaired) electrons. The molecule has 1 amide bonds. The molecule has 33 heavy (non-hydrogen) atoms. The fraction of sp³-hybridized carbons (Fsp3) is 0.600. The summed E-state index contributed by atoms with van der Waals surface area (Å²) in [6.45, 7) is 3.04. The number of unbranched alkanes of at least 4 members (excludes halogenated alkanes) is 1. The number of aromatic nitrogens is 2. The van der Waals surface area contributed by atoms with Crippen molar-refractivity contribution in [2.24, 2.45) is 5.92 Å². The monoisotopic (exact) mass is 456 g/mol. The molecule has 0 unspecified atom stereocenters. The highest BCUT2D eigenvalue weighted by atomic mass is 16.5. The van der Waals surface area contributed by atoms with Gasteiger partial charge in [-0.3, -0.25) is 4.79 Å². The minimum absolute atomic E-state index is 0.0826. The van der Waals surface area contributed by atoms with E-state index in [1.807, 2.05) is 37.4 Å². The van der Waals surface area contributed by atoms with Crippen LogP contribution in [0.15, 0.2) is 34.9 Å². The molecule has 2 N–H and O–H groups in total. The summed E-state index contributed by atoms with van der Waals surface area (Å²) in [7, 11) is 1.95. The molecule has 1 aromatic carbocycles. The number of hydrogen-bond acceptors (Lipinski definition) is 7. The van der Waals surface area contributed by atoms with Crippen LogP contribution in [-0.4, -0.2) is 48.3 Å². The predicted octanol–water partition coefficient (Wildman–Crippen LogP) is 3.18. The van der Waals surface area contributed by atoms with Gasteiger partial charge < -0.3 is 19.9 Å². The lowest BCUT2D eigenvalue weighted by Gasteiger charge is -2.27. The summed E-state index contributed by atoms with van der Waals surface area (Å²) in [5.74, 6) is 1.07. The van der Waals surface area contributed by atoms with E-state index in [4.69, 9.17) is 9.26 Å². The molecule has 8 nitrogen and oxygen atoms in total. The van der Waals surface area contributed by atoms with E-state index in [-0.39, 0.29) is 24.3 Å². The molecule has 1 aliphatic carbocycles. The van der Waals surface area contributed by atoms with Gasteiger partial charge in [0.05, 0.1) is 6.61 Å². The molecule has 1 heterocycles. The van der Waals surface area contributed by atoms with E-state index in [9.17, 15) is 9.59 Å². The van der Waals surface area contributed by atoms with Gasteiger partial charge in [-0.25, -0.2) is 4.79 Å². The number of benzene rings is 1. The van der Waals surface area contributed by atoms with E-state index < -0.39 is 12.0 Å². The maximum absolute atomic E-state index is 13.0. The number of hydrogen-bond donors (Lipinski definition) is 2. The largest absolute Gasteiger partial charge is 0.464 e.